The van der Waals surface area contributed by atoms with Gasteiger partial charge in [0.05, 0.1) is 12.1 Å². The molecular weight excluding hydrogens is 323 g/mol. The number of amides is 2. The number of carbonyl (C=O) groups is 2. The van der Waals surface area contributed by atoms with Crippen LogP contribution in [0.3, 0.4) is 0 Å². The van der Waals surface area contributed by atoms with Gasteiger partial charge in [-0.05, 0) is 42.0 Å². The van der Waals surface area contributed by atoms with E-state index in [-0.39, 0.29) is 18.7 Å². The molecule has 126 valence electrons. The van der Waals surface area contributed by atoms with Crippen LogP contribution in [-0.2, 0) is 17.5 Å². The molecule has 2 amide bonds. The maximum Gasteiger partial charge on any atom is 0.416 e. The van der Waals surface area contributed by atoms with Crippen LogP contribution in [0, 0.1) is 0 Å². The van der Waals surface area contributed by atoms with Crippen molar-refractivity contribution in [3.05, 3.63) is 65.5 Å². The molecular formula is C16H14F3N3O2. The molecule has 0 bridgehead atoms. The smallest absolute Gasteiger partial charge is 0.350 e. The van der Waals surface area contributed by atoms with E-state index in [0.717, 1.165) is 29.8 Å². The molecule has 0 saturated heterocycles. The second kappa shape index (κ2) is 7.58. The van der Waals surface area contributed by atoms with Crippen molar-refractivity contribution >= 4 is 11.8 Å². The predicted molar refractivity (Wildman–Crippen MR) is 79.9 cm³/mol. The fourth-order valence-electron chi connectivity index (χ4n) is 1.84. The number of hydrogen-bond acceptors (Lipinski definition) is 3. The van der Waals surface area contributed by atoms with E-state index in [1.54, 1.807) is 24.5 Å². The molecule has 0 unspecified atom stereocenters. The van der Waals surface area contributed by atoms with Crippen molar-refractivity contribution in [2.24, 2.45) is 0 Å². The first-order valence-electron chi connectivity index (χ1n) is 6.97. The normalized spacial score (nSPS) is 11.0. The number of alkyl halides is 3. The van der Waals surface area contributed by atoms with Crippen LogP contribution >= 0.6 is 0 Å². The molecule has 8 heteroatoms. The minimum Gasteiger partial charge on any atom is -0.350 e. The molecule has 0 spiro atoms. The Morgan fingerprint density at radius 1 is 0.958 bits per heavy atom. The lowest BCUT2D eigenvalue weighted by Crippen LogP contribution is -2.36. The molecule has 0 aliphatic carbocycles. The highest BCUT2D eigenvalue weighted by molar-refractivity contribution is 5.96. The van der Waals surface area contributed by atoms with E-state index >= 15 is 0 Å². The number of halogens is 3. The van der Waals surface area contributed by atoms with Crippen LogP contribution in [-0.4, -0.2) is 23.3 Å². The highest BCUT2D eigenvalue weighted by atomic mass is 19.4. The number of aromatic nitrogens is 1. The van der Waals surface area contributed by atoms with Crippen molar-refractivity contribution in [2.45, 2.75) is 12.7 Å². The highest BCUT2D eigenvalue weighted by Gasteiger charge is 2.30. The van der Waals surface area contributed by atoms with Crippen molar-refractivity contribution in [2.75, 3.05) is 6.54 Å². The van der Waals surface area contributed by atoms with Crippen molar-refractivity contribution in [1.29, 1.82) is 0 Å². The maximum absolute atomic E-state index is 12.4. The van der Waals surface area contributed by atoms with Crippen LogP contribution in [0.1, 0.15) is 21.5 Å². The molecule has 0 fully saturated rings. The molecule has 1 aromatic carbocycles. The zero-order valence-electron chi connectivity index (χ0n) is 12.4. The van der Waals surface area contributed by atoms with Crippen molar-refractivity contribution in [1.82, 2.24) is 15.6 Å². The number of rotatable bonds is 5. The van der Waals surface area contributed by atoms with Crippen LogP contribution in [0.2, 0.25) is 0 Å². The Balaban J connectivity index is 1.81. The van der Waals surface area contributed by atoms with E-state index in [1.807, 2.05) is 0 Å². The quantitative estimate of drug-likeness (QED) is 0.878. The number of benzene rings is 1. The van der Waals surface area contributed by atoms with Gasteiger partial charge in [-0.3, -0.25) is 14.6 Å². The molecule has 2 aromatic rings. The van der Waals surface area contributed by atoms with Crippen LogP contribution in [0.5, 0.6) is 0 Å². The van der Waals surface area contributed by atoms with Crippen LogP contribution in [0.15, 0.2) is 48.8 Å². The maximum atomic E-state index is 12.4. The average molecular weight is 337 g/mol. The Labute approximate surface area is 135 Å². The average Bonchev–Trinajstić information content (AvgIpc) is 2.58. The lowest BCUT2D eigenvalue weighted by atomic mass is 10.1. The molecule has 1 aromatic heterocycles. The van der Waals surface area contributed by atoms with E-state index < -0.39 is 23.6 Å². The summed E-state index contributed by atoms with van der Waals surface area (Å²) in [5, 5.41) is 4.95. The van der Waals surface area contributed by atoms with Crippen LogP contribution in [0.4, 0.5) is 13.2 Å². The lowest BCUT2D eigenvalue weighted by Gasteiger charge is -2.09. The minimum absolute atomic E-state index is 0.0462. The third kappa shape index (κ3) is 5.08. The molecule has 0 aliphatic rings. The molecule has 0 atom stereocenters. The summed E-state index contributed by atoms with van der Waals surface area (Å²) in [4.78, 5) is 27.3. The van der Waals surface area contributed by atoms with Gasteiger partial charge >= 0.3 is 6.18 Å². The number of carbonyl (C=O) groups excluding carboxylic acids is 2. The standard InChI is InChI=1S/C16H14F3N3O2/c17-16(18,19)13-3-1-12(2-4-13)15(24)22-10-14(23)21-9-11-5-7-20-8-6-11/h1-8H,9-10H2,(H,21,23)(H,22,24). The summed E-state index contributed by atoms with van der Waals surface area (Å²) in [6.07, 6.45) is -1.27. The summed E-state index contributed by atoms with van der Waals surface area (Å²) in [7, 11) is 0. The second-order valence-electron chi connectivity index (χ2n) is 4.89. The predicted octanol–water partition coefficient (Wildman–Crippen LogP) is 2.15. The van der Waals surface area contributed by atoms with E-state index in [9.17, 15) is 22.8 Å². The first-order chi connectivity index (χ1) is 11.4. The van der Waals surface area contributed by atoms with Gasteiger partial charge in [0.25, 0.3) is 5.91 Å². The van der Waals surface area contributed by atoms with E-state index in [2.05, 4.69) is 15.6 Å². The Kier molecular flexibility index (Phi) is 5.51. The molecule has 5 nitrogen and oxygen atoms in total. The number of nitrogens with zero attached hydrogens (tertiary/aromatic N) is 1. The number of nitrogens with one attached hydrogen (secondary N) is 2. The third-order valence-corrected chi connectivity index (χ3v) is 3.12. The summed E-state index contributed by atoms with van der Waals surface area (Å²) in [6.45, 7) is 0.0163. The first-order valence-corrected chi connectivity index (χ1v) is 6.97. The zero-order chi connectivity index (χ0) is 17.6. The summed E-state index contributed by atoms with van der Waals surface area (Å²) < 4.78 is 37.3. The Bertz CT molecular complexity index is 701. The van der Waals surface area contributed by atoms with E-state index in [1.165, 1.54) is 0 Å². The molecule has 1 heterocycles. The first kappa shape index (κ1) is 17.5. The minimum atomic E-state index is -4.46. The van der Waals surface area contributed by atoms with Gasteiger partial charge < -0.3 is 10.6 Å². The number of hydrogen-bond donors (Lipinski definition) is 2. The molecule has 0 aliphatic heterocycles. The molecule has 2 N–H and O–H groups in total. The molecule has 24 heavy (non-hydrogen) atoms. The van der Waals surface area contributed by atoms with Crippen LogP contribution in [0.25, 0.3) is 0 Å². The SMILES string of the molecule is O=C(CNC(=O)c1ccc(C(F)(F)F)cc1)NCc1ccncc1. The van der Waals surface area contributed by atoms with Gasteiger partial charge in [0.1, 0.15) is 0 Å². The molecule has 0 saturated carbocycles. The Morgan fingerprint density at radius 3 is 2.17 bits per heavy atom. The zero-order valence-corrected chi connectivity index (χ0v) is 12.4. The second-order valence-corrected chi connectivity index (χ2v) is 4.89. The highest BCUT2D eigenvalue weighted by Crippen LogP contribution is 2.28. The summed E-state index contributed by atoms with van der Waals surface area (Å²) in [5.74, 6) is -1.03. The molecule has 2 rings (SSSR count). The third-order valence-electron chi connectivity index (χ3n) is 3.12. The van der Waals surface area contributed by atoms with Gasteiger partial charge in [0, 0.05) is 24.5 Å². The summed E-state index contributed by atoms with van der Waals surface area (Å²) in [5.41, 5.74) is 0.0616. The Morgan fingerprint density at radius 2 is 1.58 bits per heavy atom. The van der Waals surface area contributed by atoms with E-state index in [4.69, 9.17) is 0 Å². The fourth-order valence-corrected chi connectivity index (χ4v) is 1.84. The summed E-state index contributed by atoms with van der Waals surface area (Å²) in [6, 6.07) is 7.24. The van der Waals surface area contributed by atoms with Gasteiger partial charge in [0.15, 0.2) is 0 Å². The Hall–Kier alpha value is -2.90. The van der Waals surface area contributed by atoms with Gasteiger partial charge in [-0.1, -0.05) is 0 Å². The largest absolute Gasteiger partial charge is 0.416 e. The van der Waals surface area contributed by atoms with Gasteiger partial charge in [-0.25, -0.2) is 0 Å². The van der Waals surface area contributed by atoms with E-state index in [0.29, 0.717) is 0 Å². The van der Waals surface area contributed by atoms with Gasteiger partial charge in [-0.2, -0.15) is 13.2 Å². The monoisotopic (exact) mass is 337 g/mol. The molecule has 0 radical (unpaired) electrons. The fraction of sp³-hybridized carbons (Fsp3) is 0.188. The van der Waals surface area contributed by atoms with Crippen LogP contribution < -0.4 is 10.6 Å². The summed E-state index contributed by atoms with van der Waals surface area (Å²) >= 11 is 0. The number of pyridine rings is 1. The van der Waals surface area contributed by atoms with Crippen molar-refractivity contribution < 1.29 is 22.8 Å². The van der Waals surface area contributed by atoms with Crippen molar-refractivity contribution in [3.8, 4) is 0 Å². The topological polar surface area (TPSA) is 71.1 Å². The van der Waals surface area contributed by atoms with Gasteiger partial charge in [0.2, 0.25) is 5.91 Å². The van der Waals surface area contributed by atoms with Crippen molar-refractivity contribution in [3.63, 3.8) is 0 Å². The lowest BCUT2D eigenvalue weighted by molar-refractivity contribution is -0.137. The van der Waals surface area contributed by atoms with Gasteiger partial charge in [-0.15, -0.1) is 0 Å².